The molecule has 0 saturated carbocycles. The van der Waals surface area contributed by atoms with Gasteiger partial charge in [-0.05, 0) is 26.0 Å². The maximum atomic E-state index is 8.67. The van der Waals surface area contributed by atoms with Gasteiger partial charge in [0.1, 0.15) is 11.8 Å². The molecule has 5 heteroatoms. The van der Waals surface area contributed by atoms with E-state index in [9.17, 15) is 0 Å². The molecule has 94 valence electrons. The standard InChI is InChI=1S/C13H16N4O/c1-9(13-8-16-17(3)10(13)2)15-7-12-5-4-11(6-14)18-12/h4-5,8-9,15H,7H2,1-3H3. The molecule has 0 aliphatic heterocycles. The third kappa shape index (κ3) is 2.44. The van der Waals surface area contributed by atoms with Crippen LogP contribution in [0.4, 0.5) is 0 Å². The molecule has 5 nitrogen and oxygen atoms in total. The van der Waals surface area contributed by atoms with Gasteiger partial charge in [0.25, 0.3) is 0 Å². The summed E-state index contributed by atoms with van der Waals surface area (Å²) in [5, 5.41) is 16.2. The number of aromatic nitrogens is 2. The Morgan fingerprint density at radius 3 is 2.89 bits per heavy atom. The van der Waals surface area contributed by atoms with Crippen LogP contribution in [-0.2, 0) is 13.6 Å². The van der Waals surface area contributed by atoms with Crippen molar-refractivity contribution >= 4 is 0 Å². The number of rotatable bonds is 4. The summed E-state index contributed by atoms with van der Waals surface area (Å²) in [5.41, 5.74) is 2.32. The minimum atomic E-state index is 0.189. The van der Waals surface area contributed by atoms with Crippen LogP contribution in [-0.4, -0.2) is 9.78 Å². The number of nitrogens with zero attached hydrogens (tertiary/aromatic N) is 3. The van der Waals surface area contributed by atoms with E-state index in [2.05, 4.69) is 17.3 Å². The highest BCUT2D eigenvalue weighted by atomic mass is 16.3. The monoisotopic (exact) mass is 244 g/mol. The average Bonchev–Trinajstić information content (AvgIpc) is 2.95. The quantitative estimate of drug-likeness (QED) is 0.893. The van der Waals surface area contributed by atoms with E-state index in [1.165, 1.54) is 5.56 Å². The summed E-state index contributed by atoms with van der Waals surface area (Å²) >= 11 is 0. The molecule has 2 aromatic heterocycles. The van der Waals surface area contributed by atoms with E-state index in [1.54, 1.807) is 6.07 Å². The highest BCUT2D eigenvalue weighted by molar-refractivity contribution is 5.21. The predicted octanol–water partition coefficient (Wildman–Crippen LogP) is 2.04. The molecule has 1 unspecified atom stereocenters. The van der Waals surface area contributed by atoms with Crippen molar-refractivity contribution in [3.8, 4) is 6.07 Å². The molecule has 0 aliphatic carbocycles. The van der Waals surface area contributed by atoms with Crippen molar-refractivity contribution in [1.82, 2.24) is 15.1 Å². The highest BCUT2D eigenvalue weighted by Gasteiger charge is 2.12. The molecule has 2 rings (SSSR count). The molecule has 18 heavy (non-hydrogen) atoms. The zero-order valence-corrected chi connectivity index (χ0v) is 10.8. The summed E-state index contributed by atoms with van der Waals surface area (Å²) in [6.07, 6.45) is 1.87. The molecular weight excluding hydrogens is 228 g/mol. The van der Waals surface area contributed by atoms with Gasteiger partial charge in [-0.2, -0.15) is 10.4 Å². The van der Waals surface area contributed by atoms with Gasteiger partial charge in [-0.15, -0.1) is 0 Å². The lowest BCUT2D eigenvalue weighted by atomic mass is 10.1. The molecule has 1 N–H and O–H groups in total. The molecule has 0 aliphatic rings. The molecule has 0 radical (unpaired) electrons. The van der Waals surface area contributed by atoms with Crippen molar-refractivity contribution in [2.75, 3.05) is 0 Å². The Kier molecular flexibility index (Phi) is 3.49. The number of hydrogen-bond donors (Lipinski definition) is 1. The van der Waals surface area contributed by atoms with Gasteiger partial charge in [-0.25, -0.2) is 0 Å². The highest BCUT2D eigenvalue weighted by Crippen LogP contribution is 2.17. The van der Waals surface area contributed by atoms with Crippen molar-refractivity contribution in [1.29, 1.82) is 5.26 Å². The molecule has 0 aromatic carbocycles. The number of aryl methyl sites for hydroxylation is 1. The van der Waals surface area contributed by atoms with Crippen LogP contribution in [0.25, 0.3) is 0 Å². The Morgan fingerprint density at radius 1 is 1.56 bits per heavy atom. The number of nitriles is 1. The second kappa shape index (κ2) is 5.07. The number of hydrogen-bond acceptors (Lipinski definition) is 4. The maximum absolute atomic E-state index is 8.67. The van der Waals surface area contributed by atoms with Gasteiger partial charge in [0.2, 0.25) is 5.76 Å². The summed E-state index contributed by atoms with van der Waals surface area (Å²) in [6.45, 7) is 4.72. The smallest absolute Gasteiger partial charge is 0.203 e. The Bertz CT molecular complexity index is 576. The molecule has 0 spiro atoms. The largest absolute Gasteiger partial charge is 0.449 e. The molecule has 2 aromatic rings. The van der Waals surface area contributed by atoms with Gasteiger partial charge in [-0.3, -0.25) is 4.68 Å². The molecule has 2 heterocycles. The summed E-state index contributed by atoms with van der Waals surface area (Å²) < 4.78 is 7.17. The third-order valence-corrected chi connectivity index (χ3v) is 3.09. The van der Waals surface area contributed by atoms with Crippen molar-refractivity contribution in [2.24, 2.45) is 7.05 Å². The molecule has 0 amide bonds. The van der Waals surface area contributed by atoms with Crippen molar-refractivity contribution in [2.45, 2.75) is 26.4 Å². The molecular formula is C13H16N4O. The van der Waals surface area contributed by atoms with Crippen LogP contribution in [0.3, 0.4) is 0 Å². The fourth-order valence-electron chi connectivity index (χ4n) is 1.84. The second-order valence-corrected chi connectivity index (χ2v) is 4.29. The van der Waals surface area contributed by atoms with E-state index in [-0.39, 0.29) is 6.04 Å². The van der Waals surface area contributed by atoms with Crippen LogP contribution >= 0.6 is 0 Å². The van der Waals surface area contributed by atoms with E-state index in [0.717, 1.165) is 11.5 Å². The molecule has 0 bridgehead atoms. The zero-order valence-electron chi connectivity index (χ0n) is 10.8. The van der Waals surface area contributed by atoms with Gasteiger partial charge >= 0.3 is 0 Å². The van der Waals surface area contributed by atoms with Gasteiger partial charge in [0, 0.05) is 24.3 Å². The Morgan fingerprint density at radius 2 is 2.33 bits per heavy atom. The van der Waals surface area contributed by atoms with Crippen LogP contribution in [0.15, 0.2) is 22.7 Å². The van der Waals surface area contributed by atoms with Crippen molar-refractivity contribution in [3.05, 3.63) is 41.1 Å². The lowest BCUT2D eigenvalue weighted by Crippen LogP contribution is -2.18. The topological polar surface area (TPSA) is 66.8 Å². The van der Waals surface area contributed by atoms with E-state index in [4.69, 9.17) is 9.68 Å². The van der Waals surface area contributed by atoms with E-state index in [1.807, 2.05) is 37.0 Å². The summed E-state index contributed by atoms with van der Waals surface area (Å²) in [5.74, 6) is 1.11. The first-order valence-electron chi connectivity index (χ1n) is 5.82. The zero-order chi connectivity index (χ0) is 13.1. The minimum absolute atomic E-state index is 0.189. The van der Waals surface area contributed by atoms with Crippen molar-refractivity contribution in [3.63, 3.8) is 0 Å². The molecule has 0 saturated heterocycles. The SMILES string of the molecule is Cc1c(C(C)NCc2ccc(C#N)o2)cnn1C. The fourth-order valence-corrected chi connectivity index (χ4v) is 1.84. The van der Waals surface area contributed by atoms with Crippen LogP contribution in [0, 0.1) is 18.3 Å². The summed E-state index contributed by atoms with van der Waals surface area (Å²) in [6, 6.07) is 5.65. The third-order valence-electron chi connectivity index (χ3n) is 3.09. The molecule has 1 atom stereocenters. The predicted molar refractivity (Wildman–Crippen MR) is 66.6 cm³/mol. The lowest BCUT2D eigenvalue weighted by Gasteiger charge is -2.12. The van der Waals surface area contributed by atoms with Crippen LogP contribution in [0.2, 0.25) is 0 Å². The minimum Gasteiger partial charge on any atom is -0.449 e. The maximum Gasteiger partial charge on any atom is 0.203 e. The average molecular weight is 244 g/mol. The first-order valence-corrected chi connectivity index (χ1v) is 5.82. The van der Waals surface area contributed by atoms with Gasteiger partial charge in [0.15, 0.2) is 0 Å². The van der Waals surface area contributed by atoms with Crippen LogP contribution in [0.1, 0.15) is 35.7 Å². The second-order valence-electron chi connectivity index (χ2n) is 4.29. The van der Waals surface area contributed by atoms with E-state index < -0.39 is 0 Å². The normalized spacial score (nSPS) is 12.3. The fraction of sp³-hybridized carbons (Fsp3) is 0.385. The van der Waals surface area contributed by atoms with Crippen LogP contribution in [0.5, 0.6) is 0 Å². The summed E-state index contributed by atoms with van der Waals surface area (Å²) in [4.78, 5) is 0. The van der Waals surface area contributed by atoms with Gasteiger partial charge in [0.05, 0.1) is 12.7 Å². The lowest BCUT2D eigenvalue weighted by molar-refractivity contribution is 0.453. The van der Waals surface area contributed by atoms with E-state index in [0.29, 0.717) is 12.3 Å². The first kappa shape index (κ1) is 12.4. The van der Waals surface area contributed by atoms with E-state index >= 15 is 0 Å². The Labute approximate surface area is 106 Å². The van der Waals surface area contributed by atoms with Gasteiger partial charge in [-0.1, -0.05) is 0 Å². The van der Waals surface area contributed by atoms with Crippen molar-refractivity contribution < 1.29 is 4.42 Å². The summed E-state index contributed by atoms with van der Waals surface area (Å²) in [7, 11) is 1.93. The number of nitrogens with one attached hydrogen (secondary N) is 1. The van der Waals surface area contributed by atoms with Gasteiger partial charge < -0.3 is 9.73 Å². The Hall–Kier alpha value is -2.06. The van der Waals surface area contributed by atoms with Crippen LogP contribution < -0.4 is 5.32 Å². The Balaban J connectivity index is 1.98. The number of furan rings is 1. The first-order chi connectivity index (χ1) is 8.61. The molecule has 0 fully saturated rings.